The van der Waals surface area contributed by atoms with Crippen molar-refractivity contribution >= 4 is 27.8 Å². The maximum atomic E-state index is 12.6. The number of aryl methyl sites for hydroxylation is 2. The van der Waals surface area contributed by atoms with Gasteiger partial charge in [0.15, 0.2) is 0 Å². The number of piperidine rings is 1. The molecule has 6 heteroatoms. The van der Waals surface area contributed by atoms with Crippen LogP contribution >= 0.6 is 0 Å². The standard InChI is InChI=1S/C38H49N3O3/c1-3-4-23-44-24-22-39-20-16-27(17-21-39)33-26-40-18-9-19-41-34-25-29(38(42)43-2)14-15-31(34)35(28-10-6-5-7-11-28)37(41)32-13-8-12-30(33)36(32)40/h8,12-15,25-28H,3-7,9-11,16-24H2,1-2H3. The smallest absolute Gasteiger partial charge is 0.337 e. The summed E-state index contributed by atoms with van der Waals surface area (Å²) in [6, 6.07) is 13.3. The summed E-state index contributed by atoms with van der Waals surface area (Å²) in [4.78, 5) is 15.2. The van der Waals surface area contributed by atoms with Crippen LogP contribution in [0.5, 0.6) is 0 Å². The lowest BCUT2D eigenvalue weighted by Gasteiger charge is -2.31. The summed E-state index contributed by atoms with van der Waals surface area (Å²) in [6.45, 7) is 9.27. The molecule has 7 rings (SSSR count). The second-order valence-electron chi connectivity index (χ2n) is 13.4. The number of rotatable bonds is 9. The number of carbonyl (C=O) groups excluding carboxylic acids is 1. The summed E-state index contributed by atoms with van der Waals surface area (Å²) >= 11 is 0. The Balaban J connectivity index is 1.27. The Morgan fingerprint density at radius 3 is 2.52 bits per heavy atom. The van der Waals surface area contributed by atoms with Crippen LogP contribution in [0.4, 0.5) is 0 Å². The molecule has 2 fully saturated rings. The van der Waals surface area contributed by atoms with Crippen LogP contribution in [0.3, 0.4) is 0 Å². The van der Waals surface area contributed by atoms with Crippen LogP contribution in [0, 0.1) is 0 Å². The van der Waals surface area contributed by atoms with E-state index in [0.29, 0.717) is 17.4 Å². The SMILES string of the molecule is CCCCOCCN1CCC(c2cn3c4c(cccc24)-c2c(C4CCCCC4)c4ccc(C(=O)OC)cc4n2CCC3)CC1. The van der Waals surface area contributed by atoms with Crippen LogP contribution in [0.25, 0.3) is 33.1 Å². The molecule has 1 aliphatic carbocycles. The number of likely N-dealkylation sites (tertiary alicyclic amines) is 1. The molecular weight excluding hydrogens is 546 g/mol. The Labute approximate surface area is 262 Å². The molecule has 0 amide bonds. The molecule has 3 aliphatic rings. The molecule has 0 spiro atoms. The van der Waals surface area contributed by atoms with E-state index in [9.17, 15) is 4.79 Å². The Bertz CT molecular complexity index is 1620. The number of para-hydroxylation sites is 1. The molecule has 0 atom stereocenters. The van der Waals surface area contributed by atoms with Crippen molar-refractivity contribution in [1.29, 1.82) is 0 Å². The van der Waals surface area contributed by atoms with E-state index in [0.717, 1.165) is 58.8 Å². The quantitative estimate of drug-likeness (QED) is 0.144. The molecule has 2 aliphatic heterocycles. The molecule has 2 aromatic carbocycles. The molecule has 44 heavy (non-hydrogen) atoms. The number of benzene rings is 2. The van der Waals surface area contributed by atoms with Crippen molar-refractivity contribution < 1.29 is 14.3 Å². The molecule has 6 nitrogen and oxygen atoms in total. The number of methoxy groups -OCH3 is 1. The van der Waals surface area contributed by atoms with Gasteiger partial charge in [-0.1, -0.05) is 56.9 Å². The van der Waals surface area contributed by atoms with Crippen molar-refractivity contribution in [2.24, 2.45) is 0 Å². The zero-order valence-corrected chi connectivity index (χ0v) is 26.8. The fourth-order valence-corrected chi connectivity index (χ4v) is 8.44. The lowest BCUT2D eigenvalue weighted by molar-refractivity contribution is 0.0601. The highest BCUT2D eigenvalue weighted by atomic mass is 16.5. The van der Waals surface area contributed by atoms with Crippen molar-refractivity contribution in [3.05, 3.63) is 59.3 Å². The summed E-state index contributed by atoms with van der Waals surface area (Å²) in [5.74, 6) is 0.890. The van der Waals surface area contributed by atoms with Crippen LogP contribution in [0.15, 0.2) is 42.6 Å². The number of nitrogens with zero attached hydrogens (tertiary/aromatic N) is 3. The first kappa shape index (κ1) is 29.6. The van der Waals surface area contributed by atoms with E-state index < -0.39 is 0 Å². The average Bonchev–Trinajstić information content (AvgIpc) is 3.59. The Morgan fingerprint density at radius 2 is 1.73 bits per heavy atom. The van der Waals surface area contributed by atoms with Crippen LogP contribution in [-0.2, 0) is 22.6 Å². The third kappa shape index (κ3) is 5.49. The summed E-state index contributed by atoms with van der Waals surface area (Å²) in [7, 11) is 1.47. The van der Waals surface area contributed by atoms with Crippen molar-refractivity contribution in [2.45, 2.75) is 96.1 Å². The normalized spacial score (nSPS) is 18.4. The van der Waals surface area contributed by atoms with Gasteiger partial charge in [-0.2, -0.15) is 0 Å². The number of aromatic nitrogens is 2. The summed E-state index contributed by atoms with van der Waals surface area (Å²) in [6.07, 6.45) is 14.8. The molecule has 234 valence electrons. The van der Waals surface area contributed by atoms with Crippen molar-refractivity contribution in [2.75, 3.05) is 40.0 Å². The average molecular weight is 596 g/mol. The monoisotopic (exact) mass is 595 g/mol. The number of carbonyl (C=O) groups is 1. The molecule has 0 bridgehead atoms. The molecule has 4 heterocycles. The predicted molar refractivity (Wildman–Crippen MR) is 179 cm³/mol. The topological polar surface area (TPSA) is 48.6 Å². The maximum absolute atomic E-state index is 12.6. The van der Waals surface area contributed by atoms with Crippen LogP contribution in [-0.4, -0.2) is 60.0 Å². The molecule has 2 aromatic heterocycles. The molecule has 0 unspecified atom stereocenters. The molecule has 4 aromatic rings. The van der Waals surface area contributed by atoms with E-state index in [1.54, 1.807) is 0 Å². The highest BCUT2D eigenvalue weighted by Gasteiger charge is 2.31. The van der Waals surface area contributed by atoms with Gasteiger partial charge in [0, 0.05) is 54.3 Å². The van der Waals surface area contributed by atoms with Crippen molar-refractivity contribution in [1.82, 2.24) is 14.0 Å². The van der Waals surface area contributed by atoms with Gasteiger partial charge in [0.05, 0.1) is 30.5 Å². The van der Waals surface area contributed by atoms with E-state index in [-0.39, 0.29) is 5.97 Å². The van der Waals surface area contributed by atoms with Crippen LogP contribution in [0.1, 0.15) is 104 Å². The minimum Gasteiger partial charge on any atom is -0.465 e. The van der Waals surface area contributed by atoms with E-state index >= 15 is 0 Å². The van der Waals surface area contributed by atoms with Crippen LogP contribution in [0.2, 0.25) is 0 Å². The maximum Gasteiger partial charge on any atom is 0.337 e. The minimum atomic E-state index is -0.261. The fourth-order valence-electron chi connectivity index (χ4n) is 8.44. The van der Waals surface area contributed by atoms with Crippen molar-refractivity contribution in [3.8, 4) is 11.3 Å². The summed E-state index contributed by atoms with van der Waals surface area (Å²) in [5, 5.41) is 2.76. The van der Waals surface area contributed by atoms with Gasteiger partial charge in [0.1, 0.15) is 0 Å². The third-order valence-corrected chi connectivity index (χ3v) is 10.7. The zero-order chi connectivity index (χ0) is 30.0. The lowest BCUT2D eigenvalue weighted by atomic mass is 9.81. The second-order valence-corrected chi connectivity index (χ2v) is 13.4. The van der Waals surface area contributed by atoms with E-state index in [1.807, 2.05) is 6.07 Å². The fraction of sp³-hybridized carbons (Fsp3) is 0.553. The summed E-state index contributed by atoms with van der Waals surface area (Å²) in [5.41, 5.74) is 9.04. The first-order valence-corrected chi connectivity index (χ1v) is 17.3. The van der Waals surface area contributed by atoms with E-state index in [4.69, 9.17) is 9.47 Å². The number of unbranched alkanes of at least 4 members (excludes halogenated alkanes) is 1. The molecule has 1 saturated heterocycles. The summed E-state index contributed by atoms with van der Waals surface area (Å²) < 4.78 is 16.1. The number of hydrogen-bond donors (Lipinski definition) is 0. The second kappa shape index (κ2) is 13.1. The van der Waals surface area contributed by atoms with Gasteiger partial charge < -0.3 is 23.5 Å². The third-order valence-electron chi connectivity index (χ3n) is 10.7. The van der Waals surface area contributed by atoms with Gasteiger partial charge in [-0.15, -0.1) is 0 Å². The molecule has 0 radical (unpaired) electrons. The molecule has 0 N–H and O–H groups in total. The number of ether oxygens (including phenoxy) is 2. The van der Waals surface area contributed by atoms with E-state index in [1.165, 1.54) is 103 Å². The molecule has 1 saturated carbocycles. The van der Waals surface area contributed by atoms with Gasteiger partial charge in [0.2, 0.25) is 0 Å². The van der Waals surface area contributed by atoms with Gasteiger partial charge in [-0.25, -0.2) is 4.79 Å². The zero-order valence-electron chi connectivity index (χ0n) is 26.8. The first-order valence-electron chi connectivity index (χ1n) is 17.3. The Hall–Kier alpha value is -3.09. The first-order chi connectivity index (χ1) is 21.7. The lowest BCUT2D eigenvalue weighted by Crippen LogP contribution is -2.35. The predicted octanol–water partition coefficient (Wildman–Crippen LogP) is 8.50. The highest BCUT2D eigenvalue weighted by Crippen LogP contribution is 2.47. The Morgan fingerprint density at radius 1 is 0.886 bits per heavy atom. The van der Waals surface area contributed by atoms with Crippen molar-refractivity contribution in [3.63, 3.8) is 0 Å². The van der Waals surface area contributed by atoms with Gasteiger partial charge in [0.25, 0.3) is 0 Å². The van der Waals surface area contributed by atoms with Gasteiger partial charge in [-0.05, 0) is 86.7 Å². The van der Waals surface area contributed by atoms with E-state index in [2.05, 4.69) is 57.5 Å². The largest absolute Gasteiger partial charge is 0.465 e. The van der Waals surface area contributed by atoms with Gasteiger partial charge >= 0.3 is 5.97 Å². The number of hydrogen-bond acceptors (Lipinski definition) is 4. The van der Waals surface area contributed by atoms with Crippen LogP contribution < -0.4 is 0 Å². The molecular formula is C38H49N3O3. The number of fused-ring (bicyclic) bond motifs is 4. The minimum absolute atomic E-state index is 0.261. The highest BCUT2D eigenvalue weighted by molar-refractivity contribution is 6.03. The number of esters is 1. The van der Waals surface area contributed by atoms with Gasteiger partial charge in [-0.3, -0.25) is 0 Å². The Kier molecular flexibility index (Phi) is 8.82.